The number of unbranched alkanes of at least 4 members (excludes halogenated alkanes) is 2. The molecule has 0 aliphatic carbocycles. The SMILES string of the molecule is O=C1C(=Cc2cc(-c3ccc4ccccc4c3)cs2)SC(=S)N1CCCCCc1nn[nH]n1. The van der Waals surface area contributed by atoms with E-state index in [-0.39, 0.29) is 5.91 Å². The molecule has 3 heterocycles. The topological polar surface area (TPSA) is 74.8 Å². The molecule has 0 radical (unpaired) electrons. The number of aryl methyl sites for hydroxylation is 1. The number of carbonyl (C=O) groups is 1. The second-order valence-electron chi connectivity index (χ2n) is 7.77. The number of thiocarbonyl (C=S) groups is 1. The van der Waals surface area contributed by atoms with Crippen LogP contribution in [0.4, 0.5) is 0 Å². The van der Waals surface area contributed by atoms with Crippen LogP contribution in [0.1, 0.15) is 30.0 Å². The summed E-state index contributed by atoms with van der Waals surface area (Å²) in [5.74, 6) is 0.728. The fourth-order valence-corrected chi connectivity index (χ4v) is 6.01. The number of benzene rings is 2. The van der Waals surface area contributed by atoms with Crippen LogP contribution in [0.15, 0.2) is 58.8 Å². The molecule has 166 valence electrons. The van der Waals surface area contributed by atoms with Crippen LogP contribution in [0.2, 0.25) is 0 Å². The lowest BCUT2D eigenvalue weighted by Gasteiger charge is -2.13. The predicted molar refractivity (Wildman–Crippen MR) is 139 cm³/mol. The van der Waals surface area contributed by atoms with Gasteiger partial charge in [-0.15, -0.1) is 21.5 Å². The van der Waals surface area contributed by atoms with Gasteiger partial charge in [0.25, 0.3) is 5.91 Å². The normalized spacial score (nSPS) is 15.3. The minimum absolute atomic E-state index is 0.00354. The summed E-state index contributed by atoms with van der Waals surface area (Å²) in [5.41, 5.74) is 2.34. The van der Waals surface area contributed by atoms with Crippen LogP contribution in [-0.2, 0) is 11.2 Å². The highest BCUT2D eigenvalue weighted by Gasteiger charge is 2.31. The summed E-state index contributed by atoms with van der Waals surface area (Å²) in [7, 11) is 0. The van der Waals surface area contributed by atoms with Gasteiger partial charge in [0.1, 0.15) is 4.32 Å². The highest BCUT2D eigenvalue weighted by molar-refractivity contribution is 8.26. The van der Waals surface area contributed by atoms with E-state index in [1.54, 1.807) is 16.2 Å². The number of rotatable bonds is 8. The monoisotopic (exact) mass is 491 g/mol. The molecule has 6 nitrogen and oxygen atoms in total. The first kappa shape index (κ1) is 21.9. The number of thiophene rings is 1. The molecule has 1 aliphatic rings. The zero-order valence-corrected chi connectivity index (χ0v) is 20.2. The molecule has 0 saturated carbocycles. The molecule has 0 unspecified atom stereocenters. The number of aromatic nitrogens is 4. The molecule has 1 N–H and O–H groups in total. The highest BCUT2D eigenvalue weighted by Crippen LogP contribution is 2.35. The minimum Gasteiger partial charge on any atom is -0.293 e. The van der Waals surface area contributed by atoms with E-state index >= 15 is 0 Å². The van der Waals surface area contributed by atoms with Crippen molar-refractivity contribution < 1.29 is 4.79 Å². The van der Waals surface area contributed by atoms with E-state index in [9.17, 15) is 4.79 Å². The number of tetrazole rings is 1. The van der Waals surface area contributed by atoms with Gasteiger partial charge in [-0.2, -0.15) is 5.21 Å². The van der Waals surface area contributed by atoms with E-state index in [2.05, 4.69) is 74.5 Å². The number of amides is 1. The summed E-state index contributed by atoms with van der Waals surface area (Å²) in [6, 6.07) is 17.0. The van der Waals surface area contributed by atoms with Crippen molar-refractivity contribution in [3.8, 4) is 11.1 Å². The fourth-order valence-electron chi connectivity index (χ4n) is 3.79. The summed E-state index contributed by atoms with van der Waals surface area (Å²) < 4.78 is 0.635. The summed E-state index contributed by atoms with van der Waals surface area (Å²) >= 11 is 8.51. The second kappa shape index (κ2) is 9.94. The van der Waals surface area contributed by atoms with E-state index in [1.807, 2.05) is 6.08 Å². The number of nitrogens with zero attached hydrogens (tertiary/aromatic N) is 4. The van der Waals surface area contributed by atoms with Gasteiger partial charge in [-0.3, -0.25) is 9.69 Å². The smallest absolute Gasteiger partial charge is 0.266 e. The average molecular weight is 492 g/mol. The number of aromatic amines is 1. The van der Waals surface area contributed by atoms with Crippen molar-refractivity contribution in [3.05, 3.63) is 69.5 Å². The van der Waals surface area contributed by atoms with Gasteiger partial charge in [-0.05, 0) is 58.3 Å². The maximum absolute atomic E-state index is 12.9. The number of thioether (sulfide) groups is 1. The molecule has 1 aliphatic heterocycles. The Morgan fingerprint density at radius 1 is 1.03 bits per heavy atom. The standard InChI is InChI=1S/C24H21N5OS3/c30-23-21(33-24(31)29(23)11-5-1-2-8-22-25-27-28-26-22)14-20-13-19(15-32-20)18-10-9-16-6-3-4-7-17(16)12-18/h3-4,6-7,9-10,12-15H,1-2,5,8,11H2,(H,25,26,27,28). The molecule has 1 fully saturated rings. The van der Waals surface area contributed by atoms with E-state index < -0.39 is 0 Å². The molecule has 4 aromatic rings. The van der Waals surface area contributed by atoms with Crippen LogP contribution in [0.5, 0.6) is 0 Å². The van der Waals surface area contributed by atoms with Crippen molar-refractivity contribution in [1.82, 2.24) is 25.5 Å². The van der Waals surface area contributed by atoms with Crippen molar-refractivity contribution in [1.29, 1.82) is 0 Å². The van der Waals surface area contributed by atoms with Gasteiger partial charge in [0.05, 0.1) is 4.91 Å². The summed E-state index contributed by atoms with van der Waals surface area (Å²) in [6.07, 6.45) is 5.57. The molecule has 0 bridgehead atoms. The highest BCUT2D eigenvalue weighted by atomic mass is 32.2. The molecule has 0 spiro atoms. The molecule has 1 saturated heterocycles. The van der Waals surface area contributed by atoms with Crippen molar-refractivity contribution in [3.63, 3.8) is 0 Å². The van der Waals surface area contributed by atoms with E-state index in [0.29, 0.717) is 15.8 Å². The first-order chi connectivity index (χ1) is 16.2. The Kier molecular flexibility index (Phi) is 6.61. The Labute approximate surface area is 205 Å². The number of H-pyrrole nitrogens is 1. The van der Waals surface area contributed by atoms with Crippen LogP contribution >= 0.6 is 35.3 Å². The van der Waals surface area contributed by atoms with Crippen molar-refractivity contribution in [2.75, 3.05) is 6.54 Å². The lowest BCUT2D eigenvalue weighted by molar-refractivity contribution is -0.122. The average Bonchev–Trinajstić information content (AvgIpc) is 3.57. The zero-order chi connectivity index (χ0) is 22.6. The Morgan fingerprint density at radius 2 is 1.91 bits per heavy atom. The van der Waals surface area contributed by atoms with Gasteiger partial charge in [0.2, 0.25) is 0 Å². The summed E-state index contributed by atoms with van der Waals surface area (Å²) in [5, 5.41) is 18.5. The largest absolute Gasteiger partial charge is 0.293 e. The first-order valence-corrected chi connectivity index (χ1v) is 12.8. The molecular formula is C24H21N5OS3. The third-order valence-corrected chi connectivity index (χ3v) is 7.78. The Hall–Kier alpha value is -2.88. The Balaban J connectivity index is 1.21. The maximum Gasteiger partial charge on any atom is 0.266 e. The second-order valence-corrected chi connectivity index (χ2v) is 10.4. The number of hydrogen-bond donors (Lipinski definition) is 1. The minimum atomic E-state index is 0.00354. The van der Waals surface area contributed by atoms with Gasteiger partial charge in [-0.25, -0.2) is 0 Å². The van der Waals surface area contributed by atoms with Crippen LogP contribution < -0.4 is 0 Å². The zero-order valence-electron chi connectivity index (χ0n) is 17.7. The van der Waals surface area contributed by atoms with Gasteiger partial charge >= 0.3 is 0 Å². The molecule has 5 rings (SSSR count). The molecule has 1 amide bonds. The lowest BCUT2D eigenvalue weighted by atomic mass is 10.0. The number of carbonyl (C=O) groups excluding carboxylic acids is 1. The fraction of sp³-hybridized carbons (Fsp3) is 0.208. The summed E-state index contributed by atoms with van der Waals surface area (Å²) in [6.45, 7) is 0.640. The van der Waals surface area contributed by atoms with Gasteiger partial charge in [0.15, 0.2) is 5.82 Å². The number of fused-ring (bicyclic) bond motifs is 1. The van der Waals surface area contributed by atoms with Crippen LogP contribution in [0, 0.1) is 0 Å². The third-order valence-electron chi connectivity index (χ3n) is 5.52. The molecular weight excluding hydrogens is 470 g/mol. The van der Waals surface area contributed by atoms with E-state index in [1.165, 1.54) is 28.1 Å². The number of hydrogen-bond acceptors (Lipinski definition) is 7. The third kappa shape index (κ3) is 5.05. The quantitative estimate of drug-likeness (QED) is 0.194. The van der Waals surface area contributed by atoms with Crippen LogP contribution in [0.25, 0.3) is 28.0 Å². The first-order valence-electron chi connectivity index (χ1n) is 10.7. The molecule has 9 heteroatoms. The summed E-state index contributed by atoms with van der Waals surface area (Å²) in [4.78, 5) is 16.4. The molecule has 2 aromatic carbocycles. The predicted octanol–water partition coefficient (Wildman–Crippen LogP) is 5.70. The molecule has 33 heavy (non-hydrogen) atoms. The van der Waals surface area contributed by atoms with Crippen LogP contribution in [-0.4, -0.2) is 42.3 Å². The maximum atomic E-state index is 12.9. The van der Waals surface area contributed by atoms with Crippen molar-refractivity contribution in [2.45, 2.75) is 25.7 Å². The number of nitrogens with one attached hydrogen (secondary N) is 1. The molecule has 0 atom stereocenters. The van der Waals surface area contributed by atoms with E-state index in [0.717, 1.165) is 41.9 Å². The van der Waals surface area contributed by atoms with Crippen molar-refractivity contribution >= 4 is 62.4 Å². The lowest BCUT2D eigenvalue weighted by Crippen LogP contribution is -2.29. The Bertz CT molecular complexity index is 1330. The van der Waals surface area contributed by atoms with E-state index in [4.69, 9.17) is 12.2 Å². The molecule has 2 aromatic heterocycles. The van der Waals surface area contributed by atoms with Gasteiger partial charge in [-0.1, -0.05) is 72.0 Å². The van der Waals surface area contributed by atoms with Crippen molar-refractivity contribution in [2.24, 2.45) is 0 Å². The Morgan fingerprint density at radius 3 is 2.76 bits per heavy atom. The van der Waals surface area contributed by atoms with Gasteiger partial charge in [0, 0.05) is 17.8 Å². The van der Waals surface area contributed by atoms with Crippen LogP contribution in [0.3, 0.4) is 0 Å². The van der Waals surface area contributed by atoms with Gasteiger partial charge < -0.3 is 0 Å².